The number of hydrogen-bond acceptors (Lipinski definition) is 4. The van der Waals surface area contributed by atoms with E-state index in [1.165, 1.54) is 28.8 Å². The molecule has 1 aliphatic rings. The van der Waals surface area contributed by atoms with E-state index >= 15 is 0 Å². The third-order valence-electron chi connectivity index (χ3n) is 3.72. The number of thioether (sulfide) groups is 1. The molecule has 7 heteroatoms. The van der Waals surface area contributed by atoms with E-state index in [2.05, 4.69) is 5.32 Å². The van der Waals surface area contributed by atoms with Gasteiger partial charge in [0.15, 0.2) is 0 Å². The fraction of sp³-hybridized carbons (Fsp3) is 0.167. The lowest BCUT2D eigenvalue weighted by atomic mass is 10.1. The molecule has 0 aliphatic carbocycles. The Kier molecular flexibility index (Phi) is 5.14. The Morgan fingerprint density at radius 3 is 2.24 bits per heavy atom. The van der Waals surface area contributed by atoms with Gasteiger partial charge < -0.3 is 5.32 Å². The largest absolute Gasteiger partial charge is 0.323 e. The molecule has 5 nitrogen and oxygen atoms in total. The Bertz CT molecular complexity index is 806. The highest BCUT2D eigenvalue weighted by Gasteiger charge is 2.34. The lowest BCUT2D eigenvalue weighted by molar-refractivity contribution is -0.113. The molecule has 0 unspecified atom stereocenters. The number of carbonyl (C=O) groups is 3. The molecule has 25 heavy (non-hydrogen) atoms. The van der Waals surface area contributed by atoms with Crippen molar-refractivity contribution in [2.45, 2.75) is 0 Å². The van der Waals surface area contributed by atoms with E-state index in [-0.39, 0.29) is 35.7 Å². The van der Waals surface area contributed by atoms with E-state index in [0.717, 1.165) is 0 Å². The molecular formula is C18H15FN2O3S. The molecule has 1 aliphatic heterocycles. The first-order valence-electron chi connectivity index (χ1n) is 7.65. The lowest BCUT2D eigenvalue weighted by Gasteiger charge is -2.13. The van der Waals surface area contributed by atoms with E-state index in [1.807, 2.05) is 0 Å². The van der Waals surface area contributed by atoms with Crippen molar-refractivity contribution in [1.29, 1.82) is 0 Å². The lowest BCUT2D eigenvalue weighted by Crippen LogP contribution is -2.32. The topological polar surface area (TPSA) is 66.5 Å². The van der Waals surface area contributed by atoms with Gasteiger partial charge in [0.05, 0.1) is 22.6 Å². The van der Waals surface area contributed by atoms with Gasteiger partial charge in [-0.2, -0.15) is 11.8 Å². The summed E-state index contributed by atoms with van der Waals surface area (Å²) in [7, 11) is 0. The molecule has 0 radical (unpaired) electrons. The summed E-state index contributed by atoms with van der Waals surface area (Å²) in [6, 6.07) is 12.6. The first kappa shape index (κ1) is 17.2. The molecule has 0 fully saturated rings. The predicted molar refractivity (Wildman–Crippen MR) is 94.2 cm³/mol. The average Bonchev–Trinajstić information content (AvgIpc) is 2.86. The minimum atomic E-state index is -0.494. The smallest absolute Gasteiger partial charge is 0.261 e. The first-order valence-corrected chi connectivity index (χ1v) is 8.81. The number of fused-ring (bicyclic) bond motifs is 1. The van der Waals surface area contributed by atoms with Gasteiger partial charge in [0.25, 0.3) is 11.8 Å². The summed E-state index contributed by atoms with van der Waals surface area (Å²) < 4.78 is 13.5. The van der Waals surface area contributed by atoms with Crippen LogP contribution >= 0.6 is 11.8 Å². The van der Waals surface area contributed by atoms with Crippen molar-refractivity contribution in [3.8, 4) is 0 Å². The normalized spacial score (nSPS) is 13.1. The van der Waals surface area contributed by atoms with Crippen LogP contribution in [-0.4, -0.2) is 40.7 Å². The zero-order valence-electron chi connectivity index (χ0n) is 13.2. The van der Waals surface area contributed by atoms with Crippen molar-refractivity contribution < 1.29 is 18.8 Å². The van der Waals surface area contributed by atoms with Crippen LogP contribution < -0.4 is 5.32 Å². The number of anilines is 1. The van der Waals surface area contributed by atoms with Gasteiger partial charge in [0.1, 0.15) is 5.82 Å². The zero-order chi connectivity index (χ0) is 17.8. The summed E-state index contributed by atoms with van der Waals surface area (Å²) in [5.74, 6) is -0.911. The van der Waals surface area contributed by atoms with Crippen LogP contribution in [0.1, 0.15) is 20.7 Å². The summed E-state index contributed by atoms with van der Waals surface area (Å²) in [5, 5.41) is 2.49. The molecular weight excluding hydrogens is 343 g/mol. The highest BCUT2D eigenvalue weighted by atomic mass is 32.2. The number of rotatable bonds is 6. The van der Waals surface area contributed by atoms with E-state index in [4.69, 9.17) is 0 Å². The number of nitrogens with zero attached hydrogens (tertiary/aromatic N) is 1. The summed E-state index contributed by atoms with van der Waals surface area (Å²) in [5.41, 5.74) is 0.957. The van der Waals surface area contributed by atoms with Gasteiger partial charge in [-0.05, 0) is 24.3 Å². The Labute approximate surface area is 148 Å². The number of hydrogen-bond donors (Lipinski definition) is 1. The van der Waals surface area contributed by atoms with Crippen LogP contribution in [0, 0.1) is 5.82 Å². The second kappa shape index (κ2) is 7.48. The molecule has 3 amide bonds. The molecule has 2 aromatic carbocycles. The Hall–Kier alpha value is -2.67. The molecule has 0 atom stereocenters. The Balaban J connectivity index is 1.46. The number of nitrogens with one attached hydrogen (secondary N) is 1. The van der Waals surface area contributed by atoms with E-state index < -0.39 is 5.82 Å². The number of halogens is 1. The van der Waals surface area contributed by atoms with Gasteiger partial charge >= 0.3 is 0 Å². The fourth-order valence-electron chi connectivity index (χ4n) is 2.51. The summed E-state index contributed by atoms with van der Waals surface area (Å²) in [4.78, 5) is 37.4. The van der Waals surface area contributed by atoms with E-state index in [0.29, 0.717) is 16.9 Å². The van der Waals surface area contributed by atoms with Crippen molar-refractivity contribution in [3.05, 3.63) is 65.5 Å². The van der Waals surface area contributed by atoms with Gasteiger partial charge in [-0.25, -0.2) is 4.39 Å². The van der Waals surface area contributed by atoms with Gasteiger partial charge in [0, 0.05) is 12.3 Å². The van der Waals surface area contributed by atoms with Crippen LogP contribution in [0.3, 0.4) is 0 Å². The number of amides is 3. The molecule has 0 spiro atoms. The third-order valence-corrected chi connectivity index (χ3v) is 4.66. The number of carbonyl (C=O) groups excluding carboxylic acids is 3. The van der Waals surface area contributed by atoms with Gasteiger partial charge in [-0.1, -0.05) is 24.3 Å². The maximum absolute atomic E-state index is 13.5. The zero-order valence-corrected chi connectivity index (χ0v) is 14.0. The van der Waals surface area contributed by atoms with Crippen LogP contribution in [0.15, 0.2) is 48.5 Å². The second-order valence-electron chi connectivity index (χ2n) is 5.39. The predicted octanol–water partition coefficient (Wildman–Crippen LogP) is 2.79. The van der Waals surface area contributed by atoms with Gasteiger partial charge in [0.2, 0.25) is 5.91 Å². The highest BCUT2D eigenvalue weighted by Crippen LogP contribution is 2.22. The highest BCUT2D eigenvalue weighted by molar-refractivity contribution is 7.99. The third kappa shape index (κ3) is 3.71. The van der Waals surface area contributed by atoms with Crippen molar-refractivity contribution in [2.24, 2.45) is 0 Å². The molecule has 3 rings (SSSR count). The summed E-state index contributed by atoms with van der Waals surface area (Å²) in [6.45, 7) is 0.226. The SMILES string of the molecule is O=C(CSCCN1C(=O)c2ccccc2C1=O)Nc1ccccc1F. The van der Waals surface area contributed by atoms with Crippen molar-refractivity contribution >= 4 is 35.2 Å². The summed E-state index contributed by atoms with van der Waals surface area (Å²) >= 11 is 1.28. The minimum Gasteiger partial charge on any atom is -0.323 e. The van der Waals surface area contributed by atoms with Crippen LogP contribution in [0.25, 0.3) is 0 Å². The summed E-state index contributed by atoms with van der Waals surface area (Å²) in [6.07, 6.45) is 0. The first-order chi connectivity index (χ1) is 12.1. The molecule has 1 N–H and O–H groups in total. The minimum absolute atomic E-state index is 0.109. The average molecular weight is 358 g/mol. The maximum atomic E-state index is 13.5. The maximum Gasteiger partial charge on any atom is 0.261 e. The quantitative estimate of drug-likeness (QED) is 0.637. The molecule has 0 saturated heterocycles. The standard InChI is InChI=1S/C18H15FN2O3S/c19-14-7-3-4-8-15(14)20-16(22)11-25-10-9-21-17(23)12-5-1-2-6-13(12)18(21)24/h1-8H,9-11H2,(H,20,22). The van der Waals surface area contributed by atoms with E-state index in [1.54, 1.807) is 36.4 Å². The number of benzene rings is 2. The van der Waals surface area contributed by atoms with Crippen LogP contribution in [0.2, 0.25) is 0 Å². The van der Waals surface area contributed by atoms with Crippen LogP contribution in [0.5, 0.6) is 0 Å². The van der Waals surface area contributed by atoms with Crippen molar-refractivity contribution in [3.63, 3.8) is 0 Å². The van der Waals surface area contributed by atoms with Gasteiger partial charge in [-0.3, -0.25) is 19.3 Å². The van der Waals surface area contributed by atoms with Crippen molar-refractivity contribution in [2.75, 3.05) is 23.4 Å². The molecule has 0 saturated carbocycles. The molecule has 0 aromatic heterocycles. The fourth-order valence-corrected chi connectivity index (χ4v) is 3.23. The molecule has 0 bridgehead atoms. The molecule has 128 valence electrons. The second-order valence-corrected chi connectivity index (χ2v) is 6.49. The Morgan fingerprint density at radius 2 is 1.60 bits per heavy atom. The van der Waals surface area contributed by atoms with E-state index in [9.17, 15) is 18.8 Å². The van der Waals surface area contributed by atoms with Crippen molar-refractivity contribution in [1.82, 2.24) is 4.90 Å². The van der Waals surface area contributed by atoms with Crippen LogP contribution in [-0.2, 0) is 4.79 Å². The number of imide groups is 1. The van der Waals surface area contributed by atoms with Gasteiger partial charge in [-0.15, -0.1) is 0 Å². The monoisotopic (exact) mass is 358 g/mol. The number of para-hydroxylation sites is 1. The molecule has 1 heterocycles. The molecule has 2 aromatic rings. The van der Waals surface area contributed by atoms with Crippen LogP contribution in [0.4, 0.5) is 10.1 Å². The Morgan fingerprint density at radius 1 is 1.00 bits per heavy atom.